The van der Waals surface area contributed by atoms with Crippen LogP contribution in [0.15, 0.2) is 35.5 Å². The molecular formula is C11H9N5O2. The smallest absolute Gasteiger partial charge is 0.277 e. The first-order valence-corrected chi connectivity index (χ1v) is 5.18. The second-order valence-corrected chi connectivity index (χ2v) is 3.67. The summed E-state index contributed by atoms with van der Waals surface area (Å²) in [7, 11) is 0. The number of hydrogen-bond donors (Lipinski definition) is 3. The van der Waals surface area contributed by atoms with Crippen molar-refractivity contribution in [2.45, 2.75) is 0 Å². The van der Waals surface area contributed by atoms with E-state index in [1.807, 2.05) is 6.07 Å². The van der Waals surface area contributed by atoms with Crippen LogP contribution < -0.4 is 16.0 Å². The molecule has 2 heterocycles. The van der Waals surface area contributed by atoms with Crippen LogP contribution in [-0.2, 0) is 0 Å². The zero-order valence-electron chi connectivity index (χ0n) is 9.18. The quantitative estimate of drug-likeness (QED) is 0.622. The Labute approximate surface area is 101 Å². The summed E-state index contributed by atoms with van der Waals surface area (Å²) in [5.74, 6) is 0.606. The topological polar surface area (TPSA) is 110 Å². The molecular weight excluding hydrogens is 234 g/mol. The van der Waals surface area contributed by atoms with Gasteiger partial charge in [-0.2, -0.15) is 5.10 Å². The van der Waals surface area contributed by atoms with E-state index in [1.165, 1.54) is 6.33 Å². The van der Waals surface area contributed by atoms with Gasteiger partial charge >= 0.3 is 0 Å². The van der Waals surface area contributed by atoms with Gasteiger partial charge in [0, 0.05) is 11.5 Å². The highest BCUT2D eigenvalue weighted by molar-refractivity contribution is 5.79. The number of aromatic amines is 2. The number of nitrogen functional groups attached to an aromatic ring is 1. The van der Waals surface area contributed by atoms with Gasteiger partial charge in [-0.05, 0) is 12.1 Å². The van der Waals surface area contributed by atoms with Gasteiger partial charge in [0.05, 0.1) is 18.0 Å². The molecule has 90 valence electrons. The number of hydrogen-bond acceptors (Lipinski definition) is 5. The molecule has 3 aromatic rings. The van der Waals surface area contributed by atoms with Crippen molar-refractivity contribution in [3.05, 3.63) is 41.1 Å². The second kappa shape index (κ2) is 3.88. The van der Waals surface area contributed by atoms with Gasteiger partial charge < -0.3 is 15.5 Å². The van der Waals surface area contributed by atoms with Crippen molar-refractivity contribution in [2.24, 2.45) is 0 Å². The average molecular weight is 243 g/mol. The molecule has 0 aliphatic heterocycles. The van der Waals surface area contributed by atoms with Crippen LogP contribution in [0.5, 0.6) is 11.6 Å². The molecule has 18 heavy (non-hydrogen) atoms. The number of anilines is 1. The third kappa shape index (κ3) is 1.67. The maximum absolute atomic E-state index is 11.3. The molecule has 0 atom stereocenters. The van der Waals surface area contributed by atoms with Crippen molar-refractivity contribution in [1.82, 2.24) is 20.2 Å². The number of ether oxygens (including phenoxy) is 1. The molecule has 7 heteroatoms. The lowest BCUT2D eigenvalue weighted by Gasteiger charge is -2.05. The molecule has 0 aliphatic rings. The zero-order valence-corrected chi connectivity index (χ0v) is 9.18. The van der Waals surface area contributed by atoms with Gasteiger partial charge in [0.2, 0.25) is 5.88 Å². The Morgan fingerprint density at radius 1 is 1.33 bits per heavy atom. The van der Waals surface area contributed by atoms with Crippen LogP contribution in [0.25, 0.3) is 10.9 Å². The Bertz CT molecular complexity index is 761. The molecule has 0 bridgehead atoms. The maximum atomic E-state index is 11.3. The summed E-state index contributed by atoms with van der Waals surface area (Å²) >= 11 is 0. The molecule has 3 rings (SSSR count). The Morgan fingerprint density at radius 3 is 3.11 bits per heavy atom. The maximum Gasteiger partial charge on any atom is 0.277 e. The normalized spacial score (nSPS) is 10.7. The van der Waals surface area contributed by atoms with Gasteiger partial charge in [-0.3, -0.25) is 9.89 Å². The standard InChI is InChI=1S/C11H9N5O2/c12-9-10(17)13-5-14-11(9)18-7-2-1-6-4-15-16-8(6)3-7/h1-5H,12H2,(H,15,16)(H,13,14,17). The molecule has 2 aromatic heterocycles. The molecule has 0 unspecified atom stereocenters. The fourth-order valence-electron chi connectivity index (χ4n) is 1.57. The van der Waals surface area contributed by atoms with Gasteiger partial charge in [0.15, 0.2) is 5.69 Å². The van der Waals surface area contributed by atoms with E-state index in [0.29, 0.717) is 5.75 Å². The average Bonchev–Trinajstić information content (AvgIpc) is 2.82. The van der Waals surface area contributed by atoms with Crippen molar-refractivity contribution < 1.29 is 4.74 Å². The highest BCUT2D eigenvalue weighted by Gasteiger charge is 2.07. The van der Waals surface area contributed by atoms with Gasteiger partial charge in [0.25, 0.3) is 5.56 Å². The molecule has 0 saturated heterocycles. The zero-order chi connectivity index (χ0) is 12.5. The lowest BCUT2D eigenvalue weighted by atomic mass is 10.2. The summed E-state index contributed by atoms with van der Waals surface area (Å²) in [5, 5.41) is 7.69. The van der Waals surface area contributed by atoms with E-state index in [4.69, 9.17) is 10.5 Å². The number of nitrogens with zero attached hydrogens (tertiary/aromatic N) is 2. The van der Waals surface area contributed by atoms with Crippen LogP contribution in [-0.4, -0.2) is 20.2 Å². The Kier molecular flexibility index (Phi) is 2.23. The summed E-state index contributed by atoms with van der Waals surface area (Å²) in [5.41, 5.74) is 5.92. The summed E-state index contributed by atoms with van der Waals surface area (Å²) in [6.07, 6.45) is 2.95. The minimum absolute atomic E-state index is 0.0535. The van der Waals surface area contributed by atoms with Gasteiger partial charge in [-0.1, -0.05) is 0 Å². The van der Waals surface area contributed by atoms with Crippen LogP contribution in [0.4, 0.5) is 5.69 Å². The predicted octanol–water partition coefficient (Wildman–Crippen LogP) is 1.02. The largest absolute Gasteiger partial charge is 0.437 e. The van der Waals surface area contributed by atoms with Crippen LogP contribution in [0.1, 0.15) is 0 Å². The third-order valence-electron chi connectivity index (χ3n) is 2.48. The molecule has 0 spiro atoms. The number of rotatable bonds is 2. The monoisotopic (exact) mass is 243 g/mol. The highest BCUT2D eigenvalue weighted by atomic mass is 16.5. The van der Waals surface area contributed by atoms with Crippen LogP contribution in [0.2, 0.25) is 0 Å². The van der Waals surface area contributed by atoms with Crippen molar-refractivity contribution in [3.63, 3.8) is 0 Å². The fraction of sp³-hybridized carbons (Fsp3) is 0. The molecule has 0 amide bonds. The van der Waals surface area contributed by atoms with Crippen LogP contribution in [0, 0.1) is 0 Å². The van der Waals surface area contributed by atoms with E-state index in [-0.39, 0.29) is 11.6 Å². The summed E-state index contributed by atoms with van der Waals surface area (Å²) in [6.45, 7) is 0. The minimum Gasteiger partial charge on any atom is -0.437 e. The van der Waals surface area contributed by atoms with Crippen molar-refractivity contribution in [2.75, 3.05) is 5.73 Å². The van der Waals surface area contributed by atoms with Crippen molar-refractivity contribution >= 4 is 16.6 Å². The molecule has 0 saturated carbocycles. The van der Waals surface area contributed by atoms with E-state index in [1.54, 1.807) is 18.3 Å². The summed E-state index contributed by atoms with van der Waals surface area (Å²) in [4.78, 5) is 17.5. The number of nitrogens with two attached hydrogens (primary N) is 1. The molecule has 7 nitrogen and oxygen atoms in total. The van der Waals surface area contributed by atoms with Gasteiger partial charge in [-0.25, -0.2) is 4.98 Å². The SMILES string of the molecule is Nc1c(Oc2ccc3cn[nH]c3c2)nc[nH]c1=O. The lowest BCUT2D eigenvalue weighted by Crippen LogP contribution is -2.13. The second-order valence-electron chi connectivity index (χ2n) is 3.67. The van der Waals surface area contributed by atoms with Crippen molar-refractivity contribution in [3.8, 4) is 11.6 Å². The Hall–Kier alpha value is -2.83. The van der Waals surface area contributed by atoms with Gasteiger partial charge in [-0.15, -0.1) is 0 Å². The van der Waals surface area contributed by atoms with E-state index in [2.05, 4.69) is 20.2 Å². The number of H-pyrrole nitrogens is 2. The highest BCUT2D eigenvalue weighted by Crippen LogP contribution is 2.24. The minimum atomic E-state index is -0.428. The fourth-order valence-corrected chi connectivity index (χ4v) is 1.57. The van der Waals surface area contributed by atoms with Crippen molar-refractivity contribution in [1.29, 1.82) is 0 Å². The first-order valence-electron chi connectivity index (χ1n) is 5.18. The molecule has 0 radical (unpaired) electrons. The first kappa shape index (κ1) is 10.3. The van der Waals surface area contributed by atoms with Gasteiger partial charge in [0.1, 0.15) is 5.75 Å². The number of benzene rings is 1. The first-order chi connectivity index (χ1) is 8.74. The van der Waals surface area contributed by atoms with E-state index >= 15 is 0 Å². The van der Waals surface area contributed by atoms with E-state index in [9.17, 15) is 4.79 Å². The summed E-state index contributed by atoms with van der Waals surface area (Å²) in [6, 6.07) is 5.35. The van der Waals surface area contributed by atoms with Crippen LogP contribution in [0.3, 0.4) is 0 Å². The lowest BCUT2D eigenvalue weighted by molar-refractivity contribution is 0.464. The predicted molar refractivity (Wildman–Crippen MR) is 65.4 cm³/mol. The molecule has 0 fully saturated rings. The van der Waals surface area contributed by atoms with E-state index in [0.717, 1.165) is 10.9 Å². The third-order valence-corrected chi connectivity index (χ3v) is 2.48. The molecule has 0 aliphatic carbocycles. The molecule has 1 aromatic carbocycles. The molecule has 4 N–H and O–H groups in total. The Balaban J connectivity index is 2.00. The summed E-state index contributed by atoms with van der Waals surface area (Å²) < 4.78 is 5.46. The number of aromatic nitrogens is 4. The Morgan fingerprint density at radius 2 is 2.22 bits per heavy atom. The van der Waals surface area contributed by atoms with E-state index < -0.39 is 5.56 Å². The number of fused-ring (bicyclic) bond motifs is 1. The van der Waals surface area contributed by atoms with Crippen LogP contribution >= 0.6 is 0 Å². The number of nitrogens with one attached hydrogen (secondary N) is 2.